The van der Waals surface area contributed by atoms with Gasteiger partial charge < -0.3 is 9.84 Å². The number of carbonyl (C=O) groups is 1. The summed E-state index contributed by atoms with van der Waals surface area (Å²) in [5, 5.41) is 9.39. The lowest BCUT2D eigenvalue weighted by molar-refractivity contribution is 0.112. The first-order valence-electron chi connectivity index (χ1n) is 3.71. The van der Waals surface area contributed by atoms with Gasteiger partial charge in [0.05, 0.1) is 6.61 Å². The number of epoxide rings is 1. The molecule has 0 radical (unpaired) electrons. The van der Waals surface area contributed by atoms with E-state index in [0.717, 1.165) is 5.56 Å². The molecule has 2 rings (SSSR count). The summed E-state index contributed by atoms with van der Waals surface area (Å²) < 4.78 is 5.00. The van der Waals surface area contributed by atoms with E-state index in [1.807, 2.05) is 0 Å². The lowest BCUT2D eigenvalue weighted by atomic mass is 10.1. The third-order valence-electron chi connectivity index (χ3n) is 1.87. The summed E-state index contributed by atoms with van der Waals surface area (Å²) >= 11 is 0. The van der Waals surface area contributed by atoms with Crippen molar-refractivity contribution in [1.29, 1.82) is 0 Å². The highest BCUT2D eigenvalue weighted by molar-refractivity contribution is 5.75. The maximum Gasteiger partial charge on any atom is 0.150 e. The first kappa shape index (κ1) is 7.31. The zero-order chi connectivity index (χ0) is 8.55. The molecule has 1 heterocycles. The Bertz CT molecular complexity index is 316. The van der Waals surface area contributed by atoms with Crippen molar-refractivity contribution >= 4 is 6.29 Å². The normalized spacial score (nSPS) is 20.5. The molecule has 1 atom stereocenters. The van der Waals surface area contributed by atoms with Crippen LogP contribution in [0.5, 0.6) is 5.75 Å². The summed E-state index contributed by atoms with van der Waals surface area (Å²) in [5.41, 5.74) is 1.25. The van der Waals surface area contributed by atoms with E-state index in [2.05, 4.69) is 0 Å². The quantitative estimate of drug-likeness (QED) is 0.529. The minimum Gasteiger partial charge on any atom is -0.508 e. The van der Waals surface area contributed by atoms with Crippen molar-refractivity contribution in [3.63, 3.8) is 0 Å². The number of carbonyl (C=O) groups excluding carboxylic acids is 1. The van der Waals surface area contributed by atoms with Gasteiger partial charge >= 0.3 is 0 Å². The number of ether oxygens (including phenoxy) is 1. The van der Waals surface area contributed by atoms with Crippen LogP contribution in [-0.4, -0.2) is 18.0 Å². The molecule has 62 valence electrons. The highest BCUT2D eigenvalue weighted by Crippen LogP contribution is 2.35. The van der Waals surface area contributed by atoms with E-state index in [9.17, 15) is 9.90 Å². The fourth-order valence-corrected chi connectivity index (χ4v) is 1.13. The van der Waals surface area contributed by atoms with Gasteiger partial charge in [0.1, 0.15) is 18.1 Å². The second-order valence-electron chi connectivity index (χ2n) is 2.76. The summed E-state index contributed by atoms with van der Waals surface area (Å²) in [5.74, 6) is 0.141. The SMILES string of the molecule is O=Cc1ccc(C2CO2)c(O)c1. The Morgan fingerprint density at radius 2 is 2.33 bits per heavy atom. The lowest BCUT2D eigenvalue weighted by Crippen LogP contribution is -1.85. The Balaban J connectivity index is 2.38. The molecular formula is C9H8O3. The third kappa shape index (κ3) is 1.19. The first-order valence-corrected chi connectivity index (χ1v) is 3.71. The molecule has 1 N–H and O–H groups in total. The number of hydrogen-bond donors (Lipinski definition) is 1. The molecule has 12 heavy (non-hydrogen) atoms. The van der Waals surface area contributed by atoms with Gasteiger partial charge in [0.2, 0.25) is 0 Å². The molecule has 1 saturated heterocycles. The molecule has 1 aromatic rings. The zero-order valence-electron chi connectivity index (χ0n) is 6.36. The van der Waals surface area contributed by atoms with Crippen molar-refractivity contribution in [2.24, 2.45) is 0 Å². The molecular weight excluding hydrogens is 156 g/mol. The predicted octanol–water partition coefficient (Wildman–Crippen LogP) is 1.28. The van der Waals surface area contributed by atoms with E-state index in [-0.39, 0.29) is 11.9 Å². The van der Waals surface area contributed by atoms with Crippen LogP contribution < -0.4 is 0 Å². The maximum atomic E-state index is 10.3. The van der Waals surface area contributed by atoms with Crippen LogP contribution in [0.15, 0.2) is 18.2 Å². The van der Waals surface area contributed by atoms with E-state index < -0.39 is 0 Å². The number of aldehydes is 1. The van der Waals surface area contributed by atoms with Crippen molar-refractivity contribution in [2.75, 3.05) is 6.61 Å². The van der Waals surface area contributed by atoms with Gasteiger partial charge in [0.25, 0.3) is 0 Å². The minimum atomic E-state index is 0.0331. The molecule has 0 aromatic heterocycles. The van der Waals surface area contributed by atoms with Crippen molar-refractivity contribution in [1.82, 2.24) is 0 Å². The number of hydrogen-bond acceptors (Lipinski definition) is 3. The molecule has 0 aliphatic carbocycles. The summed E-state index contributed by atoms with van der Waals surface area (Å²) in [7, 11) is 0. The molecule has 1 unspecified atom stereocenters. The number of aromatic hydroxyl groups is 1. The molecule has 3 nitrogen and oxygen atoms in total. The summed E-state index contributed by atoms with van der Waals surface area (Å²) in [6.45, 7) is 0.661. The smallest absolute Gasteiger partial charge is 0.150 e. The fraction of sp³-hybridized carbons (Fsp3) is 0.222. The van der Waals surface area contributed by atoms with Crippen molar-refractivity contribution in [3.8, 4) is 5.75 Å². The van der Waals surface area contributed by atoms with E-state index in [0.29, 0.717) is 18.5 Å². The topological polar surface area (TPSA) is 49.8 Å². The number of benzene rings is 1. The summed E-state index contributed by atoms with van der Waals surface area (Å²) in [6, 6.07) is 4.84. The molecule has 0 bridgehead atoms. The molecule has 1 fully saturated rings. The van der Waals surface area contributed by atoms with E-state index in [1.54, 1.807) is 12.1 Å². The van der Waals surface area contributed by atoms with Crippen LogP contribution in [0.4, 0.5) is 0 Å². The van der Waals surface area contributed by atoms with Crippen LogP contribution in [0.3, 0.4) is 0 Å². The van der Waals surface area contributed by atoms with Gasteiger partial charge in [0, 0.05) is 11.1 Å². The predicted molar refractivity (Wildman–Crippen MR) is 42.2 cm³/mol. The van der Waals surface area contributed by atoms with Crippen LogP contribution in [0, 0.1) is 0 Å². The maximum absolute atomic E-state index is 10.3. The number of rotatable bonds is 2. The monoisotopic (exact) mass is 164 g/mol. The Labute approximate surface area is 69.6 Å². The van der Waals surface area contributed by atoms with Crippen molar-refractivity contribution < 1.29 is 14.6 Å². The first-order chi connectivity index (χ1) is 5.81. The van der Waals surface area contributed by atoms with Gasteiger partial charge in [-0.1, -0.05) is 12.1 Å². The van der Waals surface area contributed by atoms with Crippen LogP contribution in [0.2, 0.25) is 0 Å². The minimum absolute atomic E-state index is 0.0331. The fourth-order valence-electron chi connectivity index (χ4n) is 1.13. The molecule has 3 heteroatoms. The second kappa shape index (κ2) is 2.60. The van der Waals surface area contributed by atoms with Crippen molar-refractivity contribution in [3.05, 3.63) is 29.3 Å². The Morgan fingerprint density at radius 3 is 2.83 bits per heavy atom. The van der Waals surface area contributed by atoms with Crippen LogP contribution in [0.1, 0.15) is 22.0 Å². The third-order valence-corrected chi connectivity index (χ3v) is 1.87. The van der Waals surface area contributed by atoms with Gasteiger partial charge in [-0.05, 0) is 6.07 Å². The van der Waals surface area contributed by atoms with Gasteiger partial charge in [-0.2, -0.15) is 0 Å². The average Bonchev–Trinajstić information content (AvgIpc) is 2.87. The Morgan fingerprint density at radius 1 is 1.58 bits per heavy atom. The van der Waals surface area contributed by atoms with Crippen molar-refractivity contribution in [2.45, 2.75) is 6.10 Å². The number of phenols is 1. The number of phenolic OH excluding ortho intramolecular Hbond substituents is 1. The van der Waals surface area contributed by atoms with Gasteiger partial charge in [-0.25, -0.2) is 0 Å². The zero-order valence-corrected chi connectivity index (χ0v) is 6.36. The molecule has 1 aromatic carbocycles. The van der Waals surface area contributed by atoms with E-state index in [1.165, 1.54) is 6.07 Å². The van der Waals surface area contributed by atoms with Crippen LogP contribution >= 0.6 is 0 Å². The van der Waals surface area contributed by atoms with Crippen LogP contribution in [0.25, 0.3) is 0 Å². The molecule has 0 spiro atoms. The molecule has 1 aliphatic heterocycles. The molecule has 0 saturated carbocycles. The van der Waals surface area contributed by atoms with Gasteiger partial charge in [0.15, 0.2) is 0 Å². The van der Waals surface area contributed by atoms with Gasteiger partial charge in [-0.3, -0.25) is 4.79 Å². The Kier molecular flexibility index (Phi) is 1.59. The van der Waals surface area contributed by atoms with Crippen LogP contribution in [-0.2, 0) is 4.74 Å². The highest BCUT2D eigenvalue weighted by Gasteiger charge is 2.27. The standard InChI is InChI=1S/C9H8O3/c10-4-6-1-2-7(8(11)3-6)9-5-12-9/h1-4,9,11H,5H2. The summed E-state index contributed by atoms with van der Waals surface area (Å²) in [4.78, 5) is 10.3. The lowest BCUT2D eigenvalue weighted by Gasteiger charge is -2.00. The Hall–Kier alpha value is -1.35. The second-order valence-corrected chi connectivity index (χ2v) is 2.76. The van der Waals surface area contributed by atoms with Gasteiger partial charge in [-0.15, -0.1) is 0 Å². The molecule has 0 amide bonds. The largest absolute Gasteiger partial charge is 0.508 e. The average molecular weight is 164 g/mol. The summed E-state index contributed by atoms with van der Waals surface area (Å²) in [6.07, 6.45) is 0.739. The van der Waals surface area contributed by atoms with E-state index in [4.69, 9.17) is 4.74 Å². The highest BCUT2D eigenvalue weighted by atomic mass is 16.6. The van der Waals surface area contributed by atoms with E-state index >= 15 is 0 Å². The molecule has 1 aliphatic rings.